The summed E-state index contributed by atoms with van der Waals surface area (Å²) in [6.07, 6.45) is 5.32. The Labute approximate surface area is 100 Å². The zero-order chi connectivity index (χ0) is 10.9. The number of ether oxygens (including phenoxy) is 1. The first-order valence-corrected chi connectivity index (χ1v) is 6.05. The third kappa shape index (κ3) is 5.75. The number of halogens is 1. The standard InChI is InChI=1S/C13H17BrO/c1-2-3-4-5-10-15-11-12-6-8-13(14)9-7-12/h2,6-9H,1,3-5,10-11H2. The van der Waals surface area contributed by atoms with Gasteiger partial charge >= 0.3 is 0 Å². The first kappa shape index (κ1) is 12.5. The number of rotatable bonds is 7. The van der Waals surface area contributed by atoms with E-state index < -0.39 is 0 Å². The summed E-state index contributed by atoms with van der Waals surface area (Å²) < 4.78 is 6.67. The van der Waals surface area contributed by atoms with Crippen molar-refractivity contribution in [1.29, 1.82) is 0 Å². The normalized spacial score (nSPS) is 10.2. The van der Waals surface area contributed by atoms with Crippen LogP contribution >= 0.6 is 15.9 Å². The van der Waals surface area contributed by atoms with E-state index in [-0.39, 0.29) is 0 Å². The van der Waals surface area contributed by atoms with Crippen LogP contribution in [-0.4, -0.2) is 6.61 Å². The molecule has 0 fully saturated rings. The van der Waals surface area contributed by atoms with Crippen LogP contribution in [0, 0.1) is 0 Å². The number of hydrogen-bond donors (Lipinski definition) is 0. The molecule has 0 heterocycles. The Morgan fingerprint density at radius 3 is 2.60 bits per heavy atom. The molecule has 2 heteroatoms. The lowest BCUT2D eigenvalue weighted by molar-refractivity contribution is 0.117. The van der Waals surface area contributed by atoms with Crippen molar-refractivity contribution in [3.63, 3.8) is 0 Å². The lowest BCUT2D eigenvalue weighted by Crippen LogP contribution is -1.95. The Hall–Kier alpha value is -0.600. The molecule has 0 spiro atoms. The minimum atomic E-state index is 0.710. The van der Waals surface area contributed by atoms with Crippen LogP contribution in [0.15, 0.2) is 41.4 Å². The summed E-state index contributed by atoms with van der Waals surface area (Å²) in [5.74, 6) is 0. The molecule has 0 atom stereocenters. The fraction of sp³-hybridized carbons (Fsp3) is 0.385. The summed E-state index contributed by atoms with van der Waals surface area (Å²) in [6.45, 7) is 5.24. The van der Waals surface area contributed by atoms with Gasteiger partial charge in [-0.3, -0.25) is 0 Å². The quantitative estimate of drug-likeness (QED) is 0.529. The lowest BCUT2D eigenvalue weighted by atomic mass is 10.2. The predicted octanol–water partition coefficient (Wildman–Crippen LogP) is 4.32. The van der Waals surface area contributed by atoms with Crippen LogP contribution in [-0.2, 0) is 11.3 Å². The fourth-order valence-electron chi connectivity index (χ4n) is 1.26. The second kappa shape index (κ2) is 7.66. The molecule has 0 saturated carbocycles. The molecule has 82 valence electrons. The molecule has 0 N–H and O–H groups in total. The van der Waals surface area contributed by atoms with Crippen molar-refractivity contribution in [2.75, 3.05) is 6.61 Å². The van der Waals surface area contributed by atoms with Crippen molar-refractivity contribution in [3.8, 4) is 0 Å². The van der Waals surface area contributed by atoms with E-state index in [9.17, 15) is 0 Å². The van der Waals surface area contributed by atoms with Crippen molar-refractivity contribution in [1.82, 2.24) is 0 Å². The number of hydrogen-bond acceptors (Lipinski definition) is 1. The zero-order valence-corrected chi connectivity index (χ0v) is 10.5. The van der Waals surface area contributed by atoms with Gasteiger partial charge in [-0.2, -0.15) is 0 Å². The van der Waals surface area contributed by atoms with Gasteiger partial charge in [-0.05, 0) is 37.0 Å². The summed E-state index contributed by atoms with van der Waals surface area (Å²) >= 11 is 3.41. The summed E-state index contributed by atoms with van der Waals surface area (Å²) in [5, 5.41) is 0. The van der Waals surface area contributed by atoms with Gasteiger partial charge in [0.05, 0.1) is 6.61 Å². The summed E-state index contributed by atoms with van der Waals surface area (Å²) in [7, 11) is 0. The van der Waals surface area contributed by atoms with Crippen molar-refractivity contribution >= 4 is 15.9 Å². The van der Waals surface area contributed by atoms with E-state index in [0.29, 0.717) is 6.61 Å². The highest BCUT2D eigenvalue weighted by Gasteiger charge is 1.93. The van der Waals surface area contributed by atoms with Crippen LogP contribution < -0.4 is 0 Å². The van der Waals surface area contributed by atoms with Gasteiger partial charge in [-0.25, -0.2) is 0 Å². The van der Waals surface area contributed by atoms with Crippen LogP contribution in [0.1, 0.15) is 24.8 Å². The van der Waals surface area contributed by atoms with Gasteiger partial charge < -0.3 is 4.74 Å². The van der Waals surface area contributed by atoms with Gasteiger partial charge in [0.1, 0.15) is 0 Å². The third-order valence-electron chi connectivity index (χ3n) is 2.13. The van der Waals surface area contributed by atoms with E-state index in [4.69, 9.17) is 4.74 Å². The minimum Gasteiger partial charge on any atom is -0.377 e. The van der Waals surface area contributed by atoms with Gasteiger partial charge in [-0.1, -0.05) is 34.1 Å². The van der Waals surface area contributed by atoms with Gasteiger partial charge in [0.15, 0.2) is 0 Å². The van der Waals surface area contributed by atoms with Crippen LogP contribution in [0.4, 0.5) is 0 Å². The van der Waals surface area contributed by atoms with Gasteiger partial charge in [0, 0.05) is 11.1 Å². The van der Waals surface area contributed by atoms with Crippen molar-refractivity contribution < 1.29 is 4.74 Å². The molecule has 0 bridgehead atoms. The Kier molecular flexibility index (Phi) is 6.37. The molecule has 0 aliphatic carbocycles. The predicted molar refractivity (Wildman–Crippen MR) is 67.8 cm³/mol. The van der Waals surface area contributed by atoms with E-state index >= 15 is 0 Å². The molecule has 1 aromatic carbocycles. The highest BCUT2D eigenvalue weighted by Crippen LogP contribution is 2.11. The maximum absolute atomic E-state index is 5.56. The molecule has 0 aliphatic heterocycles. The highest BCUT2D eigenvalue weighted by molar-refractivity contribution is 9.10. The van der Waals surface area contributed by atoms with Gasteiger partial charge in [-0.15, -0.1) is 6.58 Å². The molecular formula is C13H17BrO. The smallest absolute Gasteiger partial charge is 0.0716 e. The summed E-state index contributed by atoms with van der Waals surface area (Å²) in [5.41, 5.74) is 1.22. The van der Waals surface area contributed by atoms with Crippen LogP contribution in [0.3, 0.4) is 0 Å². The van der Waals surface area contributed by atoms with Gasteiger partial charge in [0.25, 0.3) is 0 Å². The molecular weight excluding hydrogens is 252 g/mol. The highest BCUT2D eigenvalue weighted by atomic mass is 79.9. The maximum atomic E-state index is 5.56. The van der Waals surface area contributed by atoms with Crippen LogP contribution in [0.5, 0.6) is 0 Å². The largest absolute Gasteiger partial charge is 0.377 e. The minimum absolute atomic E-state index is 0.710. The Morgan fingerprint density at radius 1 is 1.20 bits per heavy atom. The van der Waals surface area contributed by atoms with E-state index in [1.54, 1.807) is 0 Å². The molecule has 0 aliphatic rings. The van der Waals surface area contributed by atoms with Gasteiger partial charge in [0.2, 0.25) is 0 Å². The second-order valence-corrected chi connectivity index (χ2v) is 4.38. The van der Waals surface area contributed by atoms with Crippen molar-refractivity contribution in [3.05, 3.63) is 47.0 Å². The molecule has 0 radical (unpaired) electrons. The average molecular weight is 269 g/mol. The number of unbranched alkanes of at least 4 members (excludes halogenated alkanes) is 2. The maximum Gasteiger partial charge on any atom is 0.0716 e. The van der Waals surface area contributed by atoms with Crippen molar-refractivity contribution in [2.24, 2.45) is 0 Å². The van der Waals surface area contributed by atoms with E-state index in [0.717, 1.165) is 23.9 Å². The summed E-state index contributed by atoms with van der Waals surface area (Å²) in [6, 6.07) is 8.23. The first-order chi connectivity index (χ1) is 7.33. The molecule has 1 nitrogen and oxygen atoms in total. The van der Waals surface area contributed by atoms with E-state index in [1.165, 1.54) is 12.0 Å². The van der Waals surface area contributed by atoms with Crippen LogP contribution in [0.25, 0.3) is 0 Å². The van der Waals surface area contributed by atoms with E-state index in [2.05, 4.69) is 34.6 Å². The molecule has 0 aromatic heterocycles. The number of benzene rings is 1. The summed E-state index contributed by atoms with van der Waals surface area (Å²) in [4.78, 5) is 0. The third-order valence-corrected chi connectivity index (χ3v) is 2.66. The topological polar surface area (TPSA) is 9.23 Å². The lowest BCUT2D eigenvalue weighted by Gasteiger charge is -2.03. The number of allylic oxidation sites excluding steroid dienone is 1. The fourth-order valence-corrected chi connectivity index (χ4v) is 1.53. The first-order valence-electron chi connectivity index (χ1n) is 5.26. The monoisotopic (exact) mass is 268 g/mol. The Bertz CT molecular complexity index is 279. The second-order valence-electron chi connectivity index (χ2n) is 3.46. The molecule has 15 heavy (non-hydrogen) atoms. The van der Waals surface area contributed by atoms with Crippen molar-refractivity contribution in [2.45, 2.75) is 25.9 Å². The SMILES string of the molecule is C=CCCCCOCc1ccc(Br)cc1. The Morgan fingerprint density at radius 2 is 1.93 bits per heavy atom. The molecule has 1 rings (SSSR count). The molecule has 0 unspecified atom stereocenters. The van der Waals surface area contributed by atoms with E-state index in [1.807, 2.05) is 18.2 Å². The van der Waals surface area contributed by atoms with Crippen LogP contribution in [0.2, 0.25) is 0 Å². The molecule has 0 amide bonds. The molecule has 1 aromatic rings. The average Bonchev–Trinajstić information content (AvgIpc) is 2.26. The zero-order valence-electron chi connectivity index (χ0n) is 8.92. The molecule has 0 saturated heterocycles. The Balaban J connectivity index is 2.09.